The maximum Gasteiger partial charge on any atom is 0.210 e. The summed E-state index contributed by atoms with van der Waals surface area (Å²) in [7, 11) is 0. The number of nitrogens with two attached hydrogens (primary N) is 1. The Kier molecular flexibility index (Phi) is 8.20. The van der Waals surface area contributed by atoms with Gasteiger partial charge in [-0.2, -0.15) is 4.83 Å². The Morgan fingerprint density at radius 3 is 2.59 bits per heavy atom. The lowest BCUT2D eigenvalue weighted by molar-refractivity contribution is -0.115. The summed E-state index contributed by atoms with van der Waals surface area (Å²) in [6, 6.07) is 14.9. The van der Waals surface area contributed by atoms with Crippen LogP contribution < -0.4 is 15.9 Å². The van der Waals surface area contributed by atoms with E-state index in [1.165, 1.54) is 6.21 Å². The third-order valence-corrected chi connectivity index (χ3v) is 6.84. The molecule has 0 saturated carbocycles. The fourth-order valence-electron chi connectivity index (χ4n) is 3.93. The maximum atomic E-state index is 13.2. The molecule has 7 nitrogen and oxygen atoms in total. The van der Waals surface area contributed by atoms with E-state index < -0.39 is 5.92 Å². The van der Waals surface area contributed by atoms with E-state index >= 15 is 0 Å². The largest absolute Gasteiger partial charge is 0.398 e. The fourth-order valence-corrected chi connectivity index (χ4v) is 4.70. The van der Waals surface area contributed by atoms with E-state index in [9.17, 15) is 4.79 Å². The minimum absolute atomic E-state index is 0.0313. The van der Waals surface area contributed by atoms with Crippen molar-refractivity contribution in [3.63, 3.8) is 0 Å². The Balaban J connectivity index is 1.75. The summed E-state index contributed by atoms with van der Waals surface area (Å²) in [5.41, 5.74) is 9.44. The molecule has 0 aromatic heterocycles. The van der Waals surface area contributed by atoms with E-state index in [0.29, 0.717) is 23.5 Å². The number of hydrazine groups is 1. The summed E-state index contributed by atoms with van der Waals surface area (Å²) in [5.74, 6) is 0.405. The lowest BCUT2D eigenvalue weighted by atomic mass is 9.94. The predicted molar refractivity (Wildman–Crippen MR) is 142 cm³/mol. The molecular weight excluding hydrogens is 444 g/mol. The molecule has 0 aliphatic carbocycles. The number of nitrogen functional groups attached to an aromatic ring is 1. The quantitative estimate of drug-likeness (QED) is 0.164. The van der Waals surface area contributed by atoms with E-state index in [0.717, 1.165) is 28.9 Å². The first kappa shape index (κ1) is 25.1. The molecule has 2 aromatic carbocycles. The maximum absolute atomic E-state index is 13.2. The topological polar surface area (TPSA) is 97.5 Å². The van der Waals surface area contributed by atoms with Crippen molar-refractivity contribution >= 4 is 34.7 Å². The van der Waals surface area contributed by atoms with Gasteiger partial charge in [0, 0.05) is 47.2 Å². The number of carbonyl (C=O) groups excluding carboxylic acids is 1. The Labute approximate surface area is 206 Å². The van der Waals surface area contributed by atoms with Crippen LogP contribution in [0.5, 0.6) is 0 Å². The number of hydrogen-bond acceptors (Lipinski definition) is 8. The Morgan fingerprint density at radius 1 is 1.26 bits per heavy atom. The smallest absolute Gasteiger partial charge is 0.210 e. The van der Waals surface area contributed by atoms with Crippen LogP contribution in [0.25, 0.3) is 5.70 Å². The van der Waals surface area contributed by atoms with Gasteiger partial charge in [-0.25, -0.2) is 0 Å². The van der Waals surface area contributed by atoms with Crippen molar-refractivity contribution in [2.75, 3.05) is 12.3 Å². The van der Waals surface area contributed by atoms with Crippen LogP contribution in [0.15, 0.2) is 80.2 Å². The van der Waals surface area contributed by atoms with Crippen LogP contribution >= 0.6 is 11.9 Å². The molecule has 3 atom stereocenters. The van der Waals surface area contributed by atoms with Crippen LogP contribution in [0.3, 0.4) is 0 Å². The molecule has 3 rings (SSSR count). The second-order valence-electron chi connectivity index (χ2n) is 8.12. The average molecular weight is 477 g/mol. The minimum atomic E-state index is -0.393. The third kappa shape index (κ3) is 5.18. The SMILES string of the molecule is C=CCN1C(=C)N(NSC(=O)C(C)C(NC(=C)c2cccc(N)c2C=N)c2ccccc2)C1C. The second kappa shape index (κ2) is 11.1. The molecule has 0 bridgehead atoms. The van der Waals surface area contributed by atoms with Gasteiger partial charge in [0.15, 0.2) is 0 Å². The summed E-state index contributed by atoms with van der Waals surface area (Å²) in [5, 5.41) is 13.0. The van der Waals surface area contributed by atoms with E-state index in [2.05, 4.69) is 34.8 Å². The molecule has 34 heavy (non-hydrogen) atoms. The molecule has 0 radical (unpaired) electrons. The van der Waals surface area contributed by atoms with Gasteiger partial charge < -0.3 is 21.4 Å². The monoisotopic (exact) mass is 476 g/mol. The first-order valence-electron chi connectivity index (χ1n) is 11.0. The van der Waals surface area contributed by atoms with Gasteiger partial charge in [-0.05, 0) is 18.6 Å². The number of hydrogen-bond donors (Lipinski definition) is 4. The molecule has 3 unspecified atom stereocenters. The van der Waals surface area contributed by atoms with Crippen LogP contribution in [0.1, 0.15) is 36.6 Å². The Bertz CT molecular complexity index is 1090. The van der Waals surface area contributed by atoms with Crippen LogP contribution in [-0.2, 0) is 4.79 Å². The van der Waals surface area contributed by atoms with Gasteiger partial charge in [0.2, 0.25) is 5.12 Å². The molecule has 1 heterocycles. The zero-order valence-electron chi connectivity index (χ0n) is 19.6. The zero-order valence-corrected chi connectivity index (χ0v) is 20.4. The highest BCUT2D eigenvalue weighted by molar-refractivity contribution is 8.11. The Morgan fingerprint density at radius 2 is 1.97 bits per heavy atom. The number of rotatable bonds is 11. The summed E-state index contributed by atoms with van der Waals surface area (Å²) >= 11 is 1.05. The van der Waals surface area contributed by atoms with Crippen molar-refractivity contribution < 1.29 is 4.79 Å². The van der Waals surface area contributed by atoms with E-state index in [1.54, 1.807) is 6.07 Å². The van der Waals surface area contributed by atoms with Gasteiger partial charge in [-0.3, -0.25) is 9.80 Å². The molecule has 1 aliphatic rings. The number of anilines is 1. The van der Waals surface area contributed by atoms with E-state index in [4.69, 9.17) is 11.1 Å². The number of benzene rings is 2. The zero-order chi connectivity index (χ0) is 24.8. The first-order valence-corrected chi connectivity index (χ1v) is 11.8. The van der Waals surface area contributed by atoms with Gasteiger partial charge in [-0.15, -0.1) is 6.58 Å². The molecule has 1 fully saturated rings. The van der Waals surface area contributed by atoms with Crippen molar-refractivity contribution in [2.45, 2.75) is 26.1 Å². The molecule has 1 aliphatic heterocycles. The molecule has 1 saturated heterocycles. The van der Waals surface area contributed by atoms with Crippen molar-refractivity contribution in [3.8, 4) is 0 Å². The second-order valence-corrected chi connectivity index (χ2v) is 8.91. The summed E-state index contributed by atoms with van der Waals surface area (Å²) < 4.78 is 0. The molecular formula is C26H32N6OS. The van der Waals surface area contributed by atoms with E-state index in [1.807, 2.05) is 67.4 Å². The van der Waals surface area contributed by atoms with Gasteiger partial charge in [0.05, 0.1) is 12.0 Å². The molecule has 5 N–H and O–H groups in total. The Hall–Kier alpha value is -3.49. The predicted octanol–water partition coefficient (Wildman–Crippen LogP) is 4.50. The number of carbonyl (C=O) groups is 1. The van der Waals surface area contributed by atoms with Crippen molar-refractivity contribution in [2.24, 2.45) is 5.92 Å². The van der Waals surface area contributed by atoms with Crippen LogP contribution in [-0.4, -0.2) is 33.9 Å². The molecule has 2 aromatic rings. The lowest BCUT2D eigenvalue weighted by Gasteiger charge is -2.52. The molecule has 8 heteroatoms. The lowest BCUT2D eigenvalue weighted by Crippen LogP contribution is -2.63. The number of nitrogens with one attached hydrogen (secondary N) is 3. The van der Waals surface area contributed by atoms with Crippen LogP contribution in [0.2, 0.25) is 0 Å². The van der Waals surface area contributed by atoms with E-state index in [-0.39, 0.29) is 17.3 Å². The average Bonchev–Trinajstić information content (AvgIpc) is 2.85. The van der Waals surface area contributed by atoms with Crippen LogP contribution in [0.4, 0.5) is 5.69 Å². The van der Waals surface area contributed by atoms with Gasteiger partial charge in [0.1, 0.15) is 12.0 Å². The van der Waals surface area contributed by atoms with Gasteiger partial charge >= 0.3 is 0 Å². The standard InChI is InChI=1S/C26H32N6OS/c1-6-15-31-19(4)32(20(31)5)30-34-26(33)17(2)25(21-11-8-7-9-12-21)29-18(3)22-13-10-14-24(28)23(22)16-27/h6-14,16-17,20,25,27,29-30H,1,3-4,15,28H2,2,5H3. The number of nitrogens with zero attached hydrogens (tertiary/aromatic N) is 2. The fraction of sp³-hybridized carbons (Fsp3) is 0.231. The van der Waals surface area contributed by atoms with Crippen molar-refractivity contribution in [1.29, 1.82) is 5.41 Å². The van der Waals surface area contributed by atoms with Gasteiger partial charge in [-0.1, -0.05) is 68.6 Å². The molecule has 178 valence electrons. The highest BCUT2D eigenvalue weighted by atomic mass is 32.2. The highest BCUT2D eigenvalue weighted by Gasteiger charge is 2.36. The first-order chi connectivity index (χ1) is 16.3. The minimum Gasteiger partial charge on any atom is -0.398 e. The summed E-state index contributed by atoms with van der Waals surface area (Å²) in [6.45, 7) is 16.6. The van der Waals surface area contributed by atoms with Crippen LogP contribution in [0, 0.1) is 11.3 Å². The van der Waals surface area contributed by atoms with Crippen molar-refractivity contribution in [1.82, 2.24) is 20.1 Å². The third-order valence-electron chi connectivity index (χ3n) is 5.97. The highest BCUT2D eigenvalue weighted by Crippen LogP contribution is 2.32. The summed E-state index contributed by atoms with van der Waals surface area (Å²) in [6.07, 6.45) is 3.12. The normalized spacial score (nSPS) is 16.9. The molecule has 0 spiro atoms. The van der Waals surface area contributed by atoms with Gasteiger partial charge in [0.25, 0.3) is 0 Å². The summed E-state index contributed by atoms with van der Waals surface area (Å²) in [4.78, 5) is 18.4. The molecule has 0 amide bonds. The van der Waals surface area contributed by atoms with Crippen molar-refractivity contribution in [3.05, 3.63) is 96.9 Å².